The lowest BCUT2D eigenvalue weighted by Crippen LogP contribution is -2.13. The largest absolute Gasteiger partial charge is 0.321 e. The van der Waals surface area contributed by atoms with Gasteiger partial charge in [0.2, 0.25) is 0 Å². The van der Waals surface area contributed by atoms with E-state index >= 15 is 0 Å². The normalized spacial score (nSPS) is 10.9. The zero-order valence-electron chi connectivity index (χ0n) is 11.1. The molecule has 0 aliphatic rings. The predicted octanol–water partition coefficient (Wildman–Crippen LogP) is 4.68. The predicted molar refractivity (Wildman–Crippen MR) is 85.1 cm³/mol. The highest BCUT2D eigenvalue weighted by atomic mass is 35.5. The van der Waals surface area contributed by atoms with Gasteiger partial charge >= 0.3 is 0 Å². The lowest BCUT2D eigenvalue weighted by atomic mass is 10.1. The van der Waals surface area contributed by atoms with E-state index in [1.165, 1.54) is 30.3 Å². The van der Waals surface area contributed by atoms with Crippen LogP contribution in [0.1, 0.15) is 5.56 Å². The first-order chi connectivity index (χ1) is 10.5. The summed E-state index contributed by atoms with van der Waals surface area (Å²) in [4.78, 5) is 12.1. The minimum atomic E-state index is -0.620. The van der Waals surface area contributed by atoms with E-state index in [-0.39, 0.29) is 10.6 Å². The standard InChI is InChI=1S/C16H9Cl2FN2O/c17-14-3-1-2-10(15(14)18)8-11(9-20)16(22)21-13-6-4-12(19)5-7-13/h1-8H,(H,21,22)/b11-8-. The number of benzene rings is 2. The Balaban J connectivity index is 2.26. The van der Waals surface area contributed by atoms with E-state index in [1.54, 1.807) is 24.3 Å². The molecule has 0 saturated heterocycles. The summed E-state index contributed by atoms with van der Waals surface area (Å²) < 4.78 is 12.8. The number of hydrogen-bond donors (Lipinski definition) is 1. The maximum Gasteiger partial charge on any atom is 0.266 e. The molecular weight excluding hydrogens is 326 g/mol. The Labute approximate surface area is 136 Å². The molecule has 0 atom stereocenters. The highest BCUT2D eigenvalue weighted by Gasteiger charge is 2.11. The summed E-state index contributed by atoms with van der Waals surface area (Å²) in [6.07, 6.45) is 1.34. The summed E-state index contributed by atoms with van der Waals surface area (Å²) in [7, 11) is 0. The lowest BCUT2D eigenvalue weighted by Gasteiger charge is -2.05. The summed E-state index contributed by atoms with van der Waals surface area (Å²) in [5.74, 6) is -1.04. The summed E-state index contributed by atoms with van der Waals surface area (Å²) in [5.41, 5.74) is 0.693. The van der Waals surface area contributed by atoms with Gasteiger partial charge in [0.05, 0.1) is 10.0 Å². The molecule has 1 amide bonds. The number of anilines is 1. The molecule has 0 saturated carbocycles. The van der Waals surface area contributed by atoms with Crippen LogP contribution in [0, 0.1) is 17.1 Å². The van der Waals surface area contributed by atoms with Gasteiger partial charge < -0.3 is 5.32 Å². The van der Waals surface area contributed by atoms with Crippen molar-refractivity contribution in [1.29, 1.82) is 5.26 Å². The molecule has 2 aromatic carbocycles. The first kappa shape index (κ1) is 16.0. The van der Waals surface area contributed by atoms with Gasteiger partial charge in [0, 0.05) is 5.69 Å². The maximum atomic E-state index is 12.8. The molecule has 0 aliphatic heterocycles. The number of nitrogens with one attached hydrogen (secondary N) is 1. The third kappa shape index (κ3) is 3.85. The van der Waals surface area contributed by atoms with Crippen LogP contribution < -0.4 is 5.32 Å². The number of hydrogen-bond acceptors (Lipinski definition) is 2. The molecule has 0 aromatic heterocycles. The SMILES string of the molecule is N#C/C(=C/c1cccc(Cl)c1Cl)C(=O)Nc1ccc(F)cc1. The molecule has 110 valence electrons. The van der Waals surface area contributed by atoms with E-state index in [1.807, 2.05) is 0 Å². The van der Waals surface area contributed by atoms with Crippen molar-refractivity contribution in [3.8, 4) is 6.07 Å². The van der Waals surface area contributed by atoms with E-state index in [2.05, 4.69) is 5.32 Å². The van der Waals surface area contributed by atoms with Crippen molar-refractivity contribution >= 4 is 40.9 Å². The number of nitriles is 1. The van der Waals surface area contributed by atoms with Gasteiger partial charge in [0.1, 0.15) is 17.5 Å². The Morgan fingerprint density at radius 3 is 2.50 bits per heavy atom. The van der Waals surface area contributed by atoms with Crippen LogP contribution in [-0.2, 0) is 4.79 Å². The smallest absolute Gasteiger partial charge is 0.266 e. The van der Waals surface area contributed by atoms with Crippen molar-refractivity contribution in [2.24, 2.45) is 0 Å². The fraction of sp³-hybridized carbons (Fsp3) is 0. The minimum absolute atomic E-state index is 0.145. The molecule has 2 rings (SSSR count). The van der Waals surface area contributed by atoms with Crippen LogP contribution in [0.2, 0.25) is 10.0 Å². The lowest BCUT2D eigenvalue weighted by molar-refractivity contribution is -0.112. The quantitative estimate of drug-likeness (QED) is 0.654. The fourth-order valence-electron chi connectivity index (χ4n) is 1.67. The Kier molecular flexibility index (Phi) is 5.16. The second-order valence-corrected chi connectivity index (χ2v) is 5.06. The Bertz CT molecular complexity index is 780. The third-order valence-corrected chi connectivity index (χ3v) is 3.58. The van der Waals surface area contributed by atoms with Gasteiger partial charge in [-0.15, -0.1) is 0 Å². The molecule has 0 fully saturated rings. The van der Waals surface area contributed by atoms with Crippen LogP contribution in [0.5, 0.6) is 0 Å². The molecule has 0 radical (unpaired) electrons. The first-order valence-electron chi connectivity index (χ1n) is 6.14. The molecule has 2 aromatic rings. The molecular formula is C16H9Cl2FN2O. The van der Waals surface area contributed by atoms with Crippen LogP contribution in [0.25, 0.3) is 6.08 Å². The van der Waals surface area contributed by atoms with Gasteiger partial charge in [-0.1, -0.05) is 35.3 Å². The second kappa shape index (κ2) is 7.08. The van der Waals surface area contributed by atoms with Crippen LogP contribution >= 0.6 is 23.2 Å². The average molecular weight is 335 g/mol. The zero-order chi connectivity index (χ0) is 16.1. The van der Waals surface area contributed by atoms with Gasteiger partial charge in [-0.05, 0) is 42.0 Å². The Hall–Kier alpha value is -2.35. The summed E-state index contributed by atoms with van der Waals surface area (Å²) in [6, 6.07) is 11.9. The van der Waals surface area contributed by atoms with E-state index in [0.717, 1.165) is 0 Å². The topological polar surface area (TPSA) is 52.9 Å². The minimum Gasteiger partial charge on any atom is -0.321 e. The molecule has 22 heavy (non-hydrogen) atoms. The fourth-order valence-corrected chi connectivity index (χ4v) is 2.03. The van der Waals surface area contributed by atoms with Crippen molar-refractivity contribution < 1.29 is 9.18 Å². The van der Waals surface area contributed by atoms with Crippen LogP contribution in [0.4, 0.5) is 10.1 Å². The Morgan fingerprint density at radius 2 is 1.86 bits per heavy atom. The third-order valence-electron chi connectivity index (χ3n) is 2.75. The van der Waals surface area contributed by atoms with E-state index in [9.17, 15) is 9.18 Å². The van der Waals surface area contributed by atoms with E-state index in [0.29, 0.717) is 16.3 Å². The summed E-state index contributed by atoms with van der Waals surface area (Å²) >= 11 is 11.9. The second-order valence-electron chi connectivity index (χ2n) is 4.27. The van der Waals surface area contributed by atoms with Gasteiger partial charge in [0.25, 0.3) is 5.91 Å². The number of nitrogens with zero attached hydrogens (tertiary/aromatic N) is 1. The van der Waals surface area contributed by atoms with Gasteiger partial charge in [0.15, 0.2) is 0 Å². The Morgan fingerprint density at radius 1 is 1.18 bits per heavy atom. The molecule has 0 spiro atoms. The highest BCUT2D eigenvalue weighted by Crippen LogP contribution is 2.27. The van der Waals surface area contributed by atoms with Gasteiger partial charge in [-0.3, -0.25) is 4.79 Å². The van der Waals surface area contributed by atoms with E-state index < -0.39 is 11.7 Å². The molecule has 0 bridgehead atoms. The van der Waals surface area contributed by atoms with Crippen molar-refractivity contribution in [3.63, 3.8) is 0 Å². The van der Waals surface area contributed by atoms with Crippen LogP contribution in [0.3, 0.4) is 0 Å². The monoisotopic (exact) mass is 334 g/mol. The zero-order valence-corrected chi connectivity index (χ0v) is 12.6. The van der Waals surface area contributed by atoms with Crippen molar-refractivity contribution in [3.05, 3.63) is 69.5 Å². The molecule has 6 heteroatoms. The maximum absolute atomic E-state index is 12.8. The van der Waals surface area contributed by atoms with Gasteiger partial charge in [-0.25, -0.2) is 4.39 Å². The number of carbonyl (C=O) groups is 1. The number of halogens is 3. The van der Waals surface area contributed by atoms with Crippen molar-refractivity contribution in [2.75, 3.05) is 5.32 Å². The number of rotatable bonds is 3. The summed E-state index contributed by atoms with van der Waals surface area (Å²) in [5, 5.41) is 12.2. The number of carbonyl (C=O) groups excluding carboxylic acids is 1. The first-order valence-corrected chi connectivity index (χ1v) is 6.89. The highest BCUT2D eigenvalue weighted by molar-refractivity contribution is 6.43. The molecule has 0 heterocycles. The van der Waals surface area contributed by atoms with Gasteiger partial charge in [-0.2, -0.15) is 5.26 Å². The molecule has 3 nitrogen and oxygen atoms in total. The van der Waals surface area contributed by atoms with Crippen molar-refractivity contribution in [2.45, 2.75) is 0 Å². The molecule has 1 N–H and O–H groups in total. The molecule has 0 unspecified atom stereocenters. The van der Waals surface area contributed by atoms with Crippen molar-refractivity contribution in [1.82, 2.24) is 0 Å². The van der Waals surface area contributed by atoms with Crippen LogP contribution in [0.15, 0.2) is 48.0 Å². The average Bonchev–Trinajstić information content (AvgIpc) is 2.51. The van der Waals surface area contributed by atoms with Crippen LogP contribution in [-0.4, -0.2) is 5.91 Å². The van der Waals surface area contributed by atoms with E-state index in [4.69, 9.17) is 28.5 Å². The summed E-state index contributed by atoms with van der Waals surface area (Å²) in [6.45, 7) is 0. The number of amides is 1. The molecule has 0 aliphatic carbocycles.